The molecule has 0 spiro atoms. The Bertz CT molecular complexity index is 695. The third-order valence-corrected chi connectivity index (χ3v) is 4.59. The molecule has 0 aliphatic heterocycles. The van der Waals surface area contributed by atoms with Crippen LogP contribution in [-0.2, 0) is 9.59 Å². The number of amides is 2. The summed E-state index contributed by atoms with van der Waals surface area (Å²) in [7, 11) is 0. The van der Waals surface area contributed by atoms with Crippen LogP contribution >= 0.6 is 0 Å². The van der Waals surface area contributed by atoms with Gasteiger partial charge in [-0.3, -0.25) is 9.59 Å². The average Bonchev–Trinajstić information content (AvgIpc) is 3.45. The molecule has 2 rings (SSSR count). The first kappa shape index (κ1) is 23.3. The standard InChI is InChI=1S/C24H32N2O4/c27-23(15-13-21-11-9-19-29-21)25-17-7-5-3-1-2-4-6-8-18-26-24(28)16-14-22-12-10-20-30-22/h9-16,19-20H,1-8,17-18H2,(H,25,27)(H,26,28)/b15-13+,16-14+. The van der Waals surface area contributed by atoms with Crippen molar-refractivity contribution >= 4 is 24.0 Å². The number of rotatable bonds is 15. The monoisotopic (exact) mass is 412 g/mol. The van der Waals surface area contributed by atoms with E-state index >= 15 is 0 Å². The van der Waals surface area contributed by atoms with Gasteiger partial charge in [-0.2, -0.15) is 0 Å². The van der Waals surface area contributed by atoms with Gasteiger partial charge in [-0.15, -0.1) is 0 Å². The summed E-state index contributed by atoms with van der Waals surface area (Å²) in [6.07, 6.45) is 18.5. The maximum absolute atomic E-state index is 11.7. The van der Waals surface area contributed by atoms with Gasteiger partial charge in [0, 0.05) is 25.2 Å². The fraction of sp³-hybridized carbons (Fsp3) is 0.417. The van der Waals surface area contributed by atoms with Crippen LogP contribution in [0.25, 0.3) is 12.2 Å². The highest BCUT2D eigenvalue weighted by atomic mass is 16.3. The minimum absolute atomic E-state index is 0.0880. The first-order valence-electron chi connectivity index (χ1n) is 10.7. The van der Waals surface area contributed by atoms with Crippen LogP contribution in [0.5, 0.6) is 0 Å². The maximum atomic E-state index is 11.7. The Balaban J connectivity index is 1.33. The summed E-state index contributed by atoms with van der Waals surface area (Å²) in [5.74, 6) is 1.17. The van der Waals surface area contributed by atoms with Crippen LogP contribution in [0.15, 0.2) is 57.8 Å². The number of nitrogens with one attached hydrogen (secondary N) is 2. The van der Waals surface area contributed by atoms with E-state index < -0.39 is 0 Å². The van der Waals surface area contributed by atoms with Crippen LogP contribution in [-0.4, -0.2) is 24.9 Å². The lowest BCUT2D eigenvalue weighted by Gasteiger charge is -2.04. The molecule has 0 saturated carbocycles. The molecule has 0 aromatic carbocycles. The Morgan fingerprint density at radius 2 is 1.07 bits per heavy atom. The first-order chi connectivity index (χ1) is 14.7. The summed E-state index contributed by atoms with van der Waals surface area (Å²) < 4.78 is 10.3. The second-order valence-electron chi connectivity index (χ2n) is 7.11. The van der Waals surface area contributed by atoms with Crippen molar-refractivity contribution in [3.63, 3.8) is 0 Å². The second kappa shape index (κ2) is 14.9. The maximum Gasteiger partial charge on any atom is 0.244 e. The Labute approximate surface area is 178 Å². The summed E-state index contributed by atoms with van der Waals surface area (Å²) >= 11 is 0. The third-order valence-electron chi connectivity index (χ3n) is 4.59. The molecule has 2 N–H and O–H groups in total. The number of hydrogen-bond acceptors (Lipinski definition) is 4. The third kappa shape index (κ3) is 11.1. The van der Waals surface area contributed by atoms with E-state index in [0.717, 1.165) is 25.7 Å². The molecule has 0 bridgehead atoms. The van der Waals surface area contributed by atoms with Gasteiger partial charge in [0.1, 0.15) is 11.5 Å². The van der Waals surface area contributed by atoms with Gasteiger partial charge in [0.05, 0.1) is 12.5 Å². The Morgan fingerprint density at radius 3 is 1.43 bits per heavy atom. The van der Waals surface area contributed by atoms with Gasteiger partial charge in [0.15, 0.2) is 0 Å². The molecular weight excluding hydrogens is 380 g/mol. The van der Waals surface area contributed by atoms with Crippen LogP contribution in [0, 0.1) is 0 Å². The van der Waals surface area contributed by atoms with Crippen molar-refractivity contribution in [2.75, 3.05) is 13.1 Å². The highest BCUT2D eigenvalue weighted by molar-refractivity contribution is 5.91. The first-order valence-corrected chi connectivity index (χ1v) is 10.7. The molecule has 0 saturated heterocycles. The van der Waals surface area contributed by atoms with Crippen molar-refractivity contribution in [3.05, 3.63) is 60.5 Å². The van der Waals surface area contributed by atoms with Gasteiger partial charge < -0.3 is 19.5 Å². The van der Waals surface area contributed by atoms with E-state index in [1.807, 2.05) is 0 Å². The van der Waals surface area contributed by atoms with Crippen molar-refractivity contribution in [1.29, 1.82) is 0 Å². The quantitative estimate of drug-likeness (QED) is 0.320. The Morgan fingerprint density at radius 1 is 0.667 bits per heavy atom. The van der Waals surface area contributed by atoms with Crippen LogP contribution in [0.4, 0.5) is 0 Å². The average molecular weight is 413 g/mol. The van der Waals surface area contributed by atoms with Gasteiger partial charge in [-0.05, 0) is 49.3 Å². The molecule has 2 aromatic rings. The molecule has 0 aliphatic rings. The van der Waals surface area contributed by atoms with Crippen LogP contribution < -0.4 is 10.6 Å². The van der Waals surface area contributed by atoms with E-state index in [0.29, 0.717) is 24.6 Å². The molecule has 30 heavy (non-hydrogen) atoms. The summed E-state index contributed by atoms with van der Waals surface area (Å²) in [6.45, 7) is 1.41. The van der Waals surface area contributed by atoms with Crippen molar-refractivity contribution in [2.24, 2.45) is 0 Å². The van der Waals surface area contributed by atoms with E-state index in [1.165, 1.54) is 37.8 Å². The van der Waals surface area contributed by atoms with Crippen LogP contribution in [0.1, 0.15) is 62.9 Å². The molecule has 0 aliphatic carbocycles. The van der Waals surface area contributed by atoms with Gasteiger partial charge in [-0.25, -0.2) is 0 Å². The molecule has 162 valence electrons. The van der Waals surface area contributed by atoms with E-state index in [4.69, 9.17) is 8.83 Å². The zero-order valence-corrected chi connectivity index (χ0v) is 17.5. The van der Waals surface area contributed by atoms with Gasteiger partial charge in [0.25, 0.3) is 0 Å². The lowest BCUT2D eigenvalue weighted by molar-refractivity contribution is -0.117. The van der Waals surface area contributed by atoms with Gasteiger partial charge in [0.2, 0.25) is 11.8 Å². The number of furan rings is 2. The summed E-state index contributed by atoms with van der Waals surface area (Å²) in [4.78, 5) is 23.3. The van der Waals surface area contributed by atoms with Gasteiger partial charge >= 0.3 is 0 Å². The zero-order chi connectivity index (χ0) is 21.3. The van der Waals surface area contributed by atoms with Crippen molar-refractivity contribution < 1.29 is 18.4 Å². The predicted octanol–water partition coefficient (Wildman–Crippen LogP) is 4.95. The summed E-state index contributed by atoms with van der Waals surface area (Å²) in [5, 5.41) is 5.77. The zero-order valence-electron chi connectivity index (χ0n) is 17.5. The van der Waals surface area contributed by atoms with Crippen molar-refractivity contribution in [1.82, 2.24) is 10.6 Å². The largest absolute Gasteiger partial charge is 0.465 e. The van der Waals surface area contributed by atoms with Crippen LogP contribution in [0.3, 0.4) is 0 Å². The molecule has 6 heteroatoms. The predicted molar refractivity (Wildman–Crippen MR) is 118 cm³/mol. The molecule has 0 fully saturated rings. The highest BCUT2D eigenvalue weighted by Gasteiger charge is 1.98. The number of carbonyl (C=O) groups is 2. The Kier molecular flexibility index (Phi) is 11.6. The topological polar surface area (TPSA) is 84.5 Å². The molecule has 2 heterocycles. The lowest BCUT2D eigenvalue weighted by Crippen LogP contribution is -2.22. The number of hydrogen-bond donors (Lipinski definition) is 2. The van der Waals surface area contributed by atoms with Crippen molar-refractivity contribution in [3.8, 4) is 0 Å². The number of carbonyl (C=O) groups excluding carboxylic acids is 2. The smallest absolute Gasteiger partial charge is 0.244 e. The molecule has 2 aromatic heterocycles. The fourth-order valence-corrected chi connectivity index (χ4v) is 2.94. The summed E-state index contributed by atoms with van der Waals surface area (Å²) in [5.41, 5.74) is 0. The molecule has 0 radical (unpaired) electrons. The van der Waals surface area contributed by atoms with E-state index in [2.05, 4.69) is 10.6 Å². The fourth-order valence-electron chi connectivity index (χ4n) is 2.94. The molecular formula is C24H32N2O4. The van der Waals surface area contributed by atoms with Crippen LogP contribution in [0.2, 0.25) is 0 Å². The van der Waals surface area contributed by atoms with E-state index in [-0.39, 0.29) is 11.8 Å². The van der Waals surface area contributed by atoms with E-state index in [9.17, 15) is 9.59 Å². The molecule has 6 nitrogen and oxygen atoms in total. The normalized spacial score (nSPS) is 11.3. The summed E-state index contributed by atoms with van der Waals surface area (Å²) in [6, 6.07) is 7.19. The number of unbranched alkanes of at least 4 members (excludes halogenated alkanes) is 7. The molecule has 0 unspecified atom stereocenters. The Hall–Kier alpha value is -3.02. The molecule has 2 amide bonds. The van der Waals surface area contributed by atoms with Crippen molar-refractivity contribution in [2.45, 2.75) is 51.4 Å². The van der Waals surface area contributed by atoms with E-state index in [1.54, 1.807) is 48.9 Å². The minimum Gasteiger partial charge on any atom is -0.465 e. The van der Waals surface area contributed by atoms with Gasteiger partial charge in [-0.1, -0.05) is 38.5 Å². The highest BCUT2D eigenvalue weighted by Crippen LogP contribution is 2.08. The SMILES string of the molecule is O=C(/C=C/c1ccco1)NCCCCCCCCCCNC(=O)/C=C/c1ccco1. The molecule has 0 atom stereocenters. The second-order valence-corrected chi connectivity index (χ2v) is 7.11. The lowest BCUT2D eigenvalue weighted by atomic mass is 10.1. The minimum atomic E-state index is -0.0880.